The second-order valence-corrected chi connectivity index (χ2v) is 6.19. The molecular weight excluding hydrogens is 320 g/mol. The van der Waals surface area contributed by atoms with E-state index in [1.165, 1.54) is 0 Å². The minimum Gasteiger partial charge on any atom is -0.494 e. The van der Waals surface area contributed by atoms with E-state index in [1.807, 2.05) is 31.2 Å². The first-order valence-corrected chi connectivity index (χ1v) is 9.00. The van der Waals surface area contributed by atoms with Gasteiger partial charge in [0.1, 0.15) is 24.1 Å². The molecule has 1 aromatic carbocycles. The third-order valence-corrected chi connectivity index (χ3v) is 4.17. The van der Waals surface area contributed by atoms with Crippen LogP contribution in [0.2, 0.25) is 0 Å². The van der Waals surface area contributed by atoms with Gasteiger partial charge in [-0.05, 0) is 44.0 Å². The number of hydrogen-bond donors (Lipinski definition) is 0. The highest BCUT2D eigenvalue weighted by Gasteiger charge is 2.35. The Morgan fingerprint density at radius 1 is 0.960 bits per heavy atom. The van der Waals surface area contributed by atoms with E-state index in [4.69, 9.17) is 9.47 Å². The number of carbonyl (C=O) groups excluding carboxylic acids is 2. The van der Waals surface area contributed by atoms with Crippen molar-refractivity contribution in [3.63, 3.8) is 0 Å². The maximum absolute atomic E-state index is 12.3. The first-order valence-electron chi connectivity index (χ1n) is 9.00. The Hall–Kier alpha value is -2.24. The van der Waals surface area contributed by atoms with Crippen LogP contribution in [0.3, 0.4) is 0 Å². The van der Waals surface area contributed by atoms with Gasteiger partial charge >= 0.3 is 0 Å². The molecule has 1 fully saturated rings. The minimum absolute atomic E-state index is 0.0128. The van der Waals surface area contributed by atoms with Gasteiger partial charge in [0.25, 0.3) is 0 Å². The van der Waals surface area contributed by atoms with E-state index in [9.17, 15) is 9.59 Å². The van der Waals surface area contributed by atoms with Crippen LogP contribution in [0.15, 0.2) is 24.3 Å². The number of amides is 2. The highest BCUT2D eigenvalue weighted by Crippen LogP contribution is 2.18. The van der Waals surface area contributed by atoms with Gasteiger partial charge < -0.3 is 19.3 Å². The molecule has 1 aromatic rings. The van der Waals surface area contributed by atoms with Gasteiger partial charge in [0.15, 0.2) is 0 Å². The number of rotatable bonds is 9. The van der Waals surface area contributed by atoms with Gasteiger partial charge in [-0.2, -0.15) is 0 Å². The zero-order valence-corrected chi connectivity index (χ0v) is 15.4. The summed E-state index contributed by atoms with van der Waals surface area (Å²) in [6.07, 6.45) is 1.82. The molecule has 1 atom stereocenters. The molecule has 0 radical (unpaired) electrons. The summed E-state index contributed by atoms with van der Waals surface area (Å²) in [6, 6.07) is 7.00. The van der Waals surface area contributed by atoms with E-state index in [0.29, 0.717) is 26.3 Å². The molecule has 6 nitrogen and oxygen atoms in total. The second-order valence-electron chi connectivity index (χ2n) is 6.19. The molecule has 0 saturated carbocycles. The summed E-state index contributed by atoms with van der Waals surface area (Å²) in [4.78, 5) is 27.8. The zero-order valence-electron chi connectivity index (χ0n) is 15.4. The SMILES string of the molecule is CCCOc1ccc(OCCN2C(=O)CN(CCC)C(=O)[C@H]2C)cc1. The van der Waals surface area contributed by atoms with Gasteiger partial charge in [-0.15, -0.1) is 0 Å². The molecule has 6 heteroatoms. The number of ether oxygens (including phenoxy) is 2. The highest BCUT2D eigenvalue weighted by atomic mass is 16.5. The largest absolute Gasteiger partial charge is 0.494 e. The van der Waals surface area contributed by atoms with Crippen molar-refractivity contribution in [3.05, 3.63) is 24.3 Å². The van der Waals surface area contributed by atoms with Crippen LogP contribution in [0, 0.1) is 0 Å². The van der Waals surface area contributed by atoms with E-state index in [0.717, 1.165) is 24.3 Å². The molecule has 0 N–H and O–H groups in total. The molecule has 2 rings (SSSR count). The number of carbonyl (C=O) groups is 2. The summed E-state index contributed by atoms with van der Waals surface area (Å²) in [7, 11) is 0. The van der Waals surface area contributed by atoms with Crippen LogP contribution in [-0.2, 0) is 9.59 Å². The molecule has 2 amide bonds. The lowest BCUT2D eigenvalue weighted by molar-refractivity contribution is -0.155. The molecule has 0 aliphatic carbocycles. The predicted molar refractivity (Wildman–Crippen MR) is 95.8 cm³/mol. The van der Waals surface area contributed by atoms with Gasteiger partial charge in [-0.1, -0.05) is 13.8 Å². The van der Waals surface area contributed by atoms with E-state index in [1.54, 1.807) is 16.7 Å². The molecule has 1 saturated heterocycles. The second kappa shape index (κ2) is 9.30. The molecule has 0 unspecified atom stereocenters. The van der Waals surface area contributed by atoms with Crippen molar-refractivity contribution in [1.29, 1.82) is 0 Å². The minimum atomic E-state index is -0.429. The fourth-order valence-corrected chi connectivity index (χ4v) is 2.84. The summed E-state index contributed by atoms with van der Waals surface area (Å²) in [5.41, 5.74) is 0. The van der Waals surface area contributed by atoms with Crippen molar-refractivity contribution in [2.24, 2.45) is 0 Å². The first-order chi connectivity index (χ1) is 12.1. The Morgan fingerprint density at radius 3 is 2.12 bits per heavy atom. The lowest BCUT2D eigenvalue weighted by atomic mass is 10.1. The van der Waals surface area contributed by atoms with Gasteiger partial charge in [0.05, 0.1) is 19.7 Å². The van der Waals surface area contributed by atoms with Crippen LogP contribution in [0.1, 0.15) is 33.6 Å². The number of piperazine rings is 1. The molecule has 1 aliphatic heterocycles. The molecule has 25 heavy (non-hydrogen) atoms. The average molecular weight is 348 g/mol. The lowest BCUT2D eigenvalue weighted by Gasteiger charge is -2.38. The topological polar surface area (TPSA) is 59.1 Å². The molecule has 0 spiro atoms. The van der Waals surface area contributed by atoms with Crippen LogP contribution in [0.5, 0.6) is 11.5 Å². The lowest BCUT2D eigenvalue weighted by Crippen LogP contribution is -2.59. The van der Waals surface area contributed by atoms with Crippen molar-refractivity contribution < 1.29 is 19.1 Å². The number of hydrogen-bond acceptors (Lipinski definition) is 4. The first kappa shape index (κ1) is 19.1. The van der Waals surface area contributed by atoms with Crippen LogP contribution >= 0.6 is 0 Å². The standard InChI is InChI=1S/C19H28N2O4/c1-4-10-20-14-18(22)21(15(3)19(20)23)11-13-25-17-8-6-16(7-9-17)24-12-5-2/h6-9,15H,4-5,10-14H2,1-3H3/t15-/m1/s1. The van der Waals surface area contributed by atoms with Gasteiger partial charge in [0.2, 0.25) is 11.8 Å². The van der Waals surface area contributed by atoms with E-state index < -0.39 is 6.04 Å². The Bertz CT molecular complexity index is 573. The van der Waals surface area contributed by atoms with Crippen LogP contribution in [0.25, 0.3) is 0 Å². The molecule has 0 bridgehead atoms. The maximum atomic E-state index is 12.3. The monoisotopic (exact) mass is 348 g/mol. The van der Waals surface area contributed by atoms with Crippen LogP contribution in [0.4, 0.5) is 0 Å². The maximum Gasteiger partial charge on any atom is 0.245 e. The van der Waals surface area contributed by atoms with E-state index in [-0.39, 0.29) is 18.4 Å². The van der Waals surface area contributed by atoms with Crippen molar-refractivity contribution in [3.8, 4) is 11.5 Å². The molecule has 1 heterocycles. The van der Waals surface area contributed by atoms with Crippen molar-refractivity contribution in [1.82, 2.24) is 9.80 Å². The number of nitrogens with zero attached hydrogens (tertiary/aromatic N) is 2. The molecule has 0 aromatic heterocycles. The van der Waals surface area contributed by atoms with E-state index >= 15 is 0 Å². The van der Waals surface area contributed by atoms with Crippen LogP contribution < -0.4 is 9.47 Å². The van der Waals surface area contributed by atoms with Crippen molar-refractivity contribution in [2.45, 2.75) is 39.7 Å². The summed E-state index contributed by atoms with van der Waals surface area (Å²) >= 11 is 0. The van der Waals surface area contributed by atoms with Gasteiger partial charge in [0, 0.05) is 6.54 Å². The third-order valence-electron chi connectivity index (χ3n) is 4.17. The quantitative estimate of drug-likeness (QED) is 0.687. The number of benzene rings is 1. The fourth-order valence-electron chi connectivity index (χ4n) is 2.84. The van der Waals surface area contributed by atoms with E-state index in [2.05, 4.69) is 6.92 Å². The normalized spacial score (nSPS) is 17.8. The molecular formula is C19H28N2O4. The summed E-state index contributed by atoms with van der Waals surface area (Å²) in [6.45, 7) is 8.09. The van der Waals surface area contributed by atoms with Crippen molar-refractivity contribution in [2.75, 3.05) is 32.8 Å². The van der Waals surface area contributed by atoms with Crippen LogP contribution in [-0.4, -0.2) is 60.5 Å². The van der Waals surface area contributed by atoms with Gasteiger partial charge in [-0.25, -0.2) is 0 Å². The molecule has 138 valence electrons. The van der Waals surface area contributed by atoms with Gasteiger partial charge in [-0.3, -0.25) is 9.59 Å². The Kier molecular flexibility index (Phi) is 7.10. The zero-order chi connectivity index (χ0) is 18.2. The Labute approximate surface area is 149 Å². The smallest absolute Gasteiger partial charge is 0.245 e. The summed E-state index contributed by atoms with van der Waals surface area (Å²) in [5, 5.41) is 0. The van der Waals surface area contributed by atoms with Crippen molar-refractivity contribution >= 4 is 11.8 Å². The fraction of sp³-hybridized carbons (Fsp3) is 0.579. The Morgan fingerprint density at radius 2 is 1.56 bits per heavy atom. The summed E-state index contributed by atoms with van der Waals surface area (Å²) in [5.74, 6) is 1.53. The summed E-state index contributed by atoms with van der Waals surface area (Å²) < 4.78 is 11.2. The Balaban J connectivity index is 1.82. The third kappa shape index (κ3) is 5.11. The average Bonchev–Trinajstić information content (AvgIpc) is 2.62. The highest BCUT2D eigenvalue weighted by molar-refractivity contribution is 5.94. The molecule has 1 aliphatic rings. The predicted octanol–water partition coefficient (Wildman–Crippen LogP) is 2.32.